The third-order valence-electron chi connectivity index (χ3n) is 4.21. The van der Waals surface area contributed by atoms with Crippen LogP contribution < -0.4 is 4.74 Å². The second-order valence-corrected chi connectivity index (χ2v) is 5.71. The van der Waals surface area contributed by atoms with Gasteiger partial charge in [0.1, 0.15) is 5.75 Å². The van der Waals surface area contributed by atoms with Gasteiger partial charge in [0.2, 0.25) is 0 Å². The van der Waals surface area contributed by atoms with E-state index in [0.717, 1.165) is 29.9 Å². The molecule has 118 valence electrons. The highest BCUT2D eigenvalue weighted by molar-refractivity contribution is 5.96. The molecule has 0 spiro atoms. The lowest BCUT2D eigenvalue weighted by Crippen LogP contribution is -2.35. The van der Waals surface area contributed by atoms with E-state index in [1.807, 2.05) is 37.3 Å². The Labute approximate surface area is 132 Å². The molecule has 1 unspecified atom stereocenters. The molecule has 0 N–H and O–H groups in total. The van der Waals surface area contributed by atoms with E-state index < -0.39 is 5.41 Å². The zero-order chi connectivity index (χ0) is 16.0. The minimum Gasteiger partial charge on any atom is -0.498 e. The lowest BCUT2D eigenvalue weighted by atomic mass is 9.69. The van der Waals surface area contributed by atoms with Crippen molar-refractivity contribution in [1.29, 1.82) is 0 Å². The van der Waals surface area contributed by atoms with Crippen LogP contribution in [0.1, 0.15) is 31.7 Å². The van der Waals surface area contributed by atoms with Gasteiger partial charge in [-0.05, 0) is 43.9 Å². The fourth-order valence-corrected chi connectivity index (χ4v) is 3.06. The first-order chi connectivity index (χ1) is 10.6. The van der Waals surface area contributed by atoms with Crippen LogP contribution in [-0.4, -0.2) is 19.5 Å². The van der Waals surface area contributed by atoms with Crippen LogP contribution in [0.4, 0.5) is 0 Å². The average molecular weight is 300 g/mol. The minimum absolute atomic E-state index is 0.143. The van der Waals surface area contributed by atoms with Crippen LogP contribution in [0.25, 0.3) is 0 Å². The smallest absolute Gasteiger partial charge is 0.165 e. The van der Waals surface area contributed by atoms with Crippen molar-refractivity contribution in [3.8, 4) is 5.75 Å². The standard InChI is InChI=1S/C19H24O3/c1-4-10-19(11-9-17(22-5-2)13-18(19)20)14-15-7-6-8-16(12-15)21-3/h4,6-8,12-13H,1,5,9-11,14H2,2-3H3. The number of rotatable bonds is 7. The molecule has 0 heterocycles. The van der Waals surface area contributed by atoms with Gasteiger partial charge in [-0.2, -0.15) is 0 Å². The molecular formula is C19H24O3. The predicted molar refractivity (Wildman–Crippen MR) is 87.9 cm³/mol. The normalized spacial score (nSPS) is 21.2. The maximum atomic E-state index is 12.7. The number of ketones is 1. The molecule has 0 amide bonds. The molecule has 1 aliphatic rings. The van der Waals surface area contributed by atoms with E-state index in [4.69, 9.17) is 9.47 Å². The number of ether oxygens (including phenoxy) is 2. The molecule has 0 fully saturated rings. The second kappa shape index (κ2) is 7.30. The highest BCUT2D eigenvalue weighted by atomic mass is 16.5. The summed E-state index contributed by atoms with van der Waals surface area (Å²) < 4.78 is 10.8. The largest absolute Gasteiger partial charge is 0.498 e. The Bertz CT molecular complexity index is 574. The Balaban J connectivity index is 2.25. The van der Waals surface area contributed by atoms with Gasteiger partial charge in [0, 0.05) is 17.9 Å². The lowest BCUT2D eigenvalue weighted by molar-refractivity contribution is -0.125. The van der Waals surface area contributed by atoms with Crippen molar-refractivity contribution in [3.63, 3.8) is 0 Å². The molecule has 0 aromatic heterocycles. The number of carbonyl (C=O) groups excluding carboxylic acids is 1. The van der Waals surface area contributed by atoms with E-state index in [1.54, 1.807) is 13.2 Å². The zero-order valence-corrected chi connectivity index (χ0v) is 13.4. The van der Waals surface area contributed by atoms with Crippen molar-refractivity contribution < 1.29 is 14.3 Å². The molecule has 0 saturated carbocycles. The second-order valence-electron chi connectivity index (χ2n) is 5.71. The van der Waals surface area contributed by atoms with Crippen molar-refractivity contribution in [2.24, 2.45) is 5.41 Å². The summed E-state index contributed by atoms with van der Waals surface area (Å²) in [6.07, 6.45) is 6.50. The monoisotopic (exact) mass is 300 g/mol. The van der Waals surface area contributed by atoms with Gasteiger partial charge in [0.25, 0.3) is 0 Å². The molecule has 22 heavy (non-hydrogen) atoms. The molecular weight excluding hydrogens is 276 g/mol. The summed E-state index contributed by atoms with van der Waals surface area (Å²) in [6.45, 7) is 6.37. The van der Waals surface area contributed by atoms with Crippen LogP contribution in [0, 0.1) is 5.41 Å². The Morgan fingerprint density at radius 1 is 1.41 bits per heavy atom. The van der Waals surface area contributed by atoms with E-state index in [1.165, 1.54) is 0 Å². The van der Waals surface area contributed by atoms with Gasteiger partial charge in [0.05, 0.1) is 19.5 Å². The molecule has 0 radical (unpaired) electrons. The molecule has 0 saturated heterocycles. The summed E-state index contributed by atoms with van der Waals surface area (Å²) >= 11 is 0. The first-order valence-corrected chi connectivity index (χ1v) is 7.75. The summed E-state index contributed by atoms with van der Waals surface area (Å²) in [5, 5.41) is 0. The third kappa shape index (κ3) is 3.59. The maximum Gasteiger partial charge on any atom is 0.165 e. The summed E-state index contributed by atoms with van der Waals surface area (Å²) in [5.41, 5.74) is 0.706. The van der Waals surface area contributed by atoms with Gasteiger partial charge in [0.15, 0.2) is 5.78 Å². The Morgan fingerprint density at radius 3 is 2.86 bits per heavy atom. The van der Waals surface area contributed by atoms with Crippen LogP contribution >= 0.6 is 0 Å². The van der Waals surface area contributed by atoms with Crippen LogP contribution in [0.2, 0.25) is 0 Å². The summed E-state index contributed by atoms with van der Waals surface area (Å²) in [7, 11) is 1.65. The van der Waals surface area contributed by atoms with Crippen molar-refractivity contribution in [1.82, 2.24) is 0 Å². The van der Waals surface area contributed by atoms with Crippen LogP contribution in [0.5, 0.6) is 5.75 Å². The number of benzene rings is 1. The van der Waals surface area contributed by atoms with E-state index in [9.17, 15) is 4.79 Å². The van der Waals surface area contributed by atoms with Crippen LogP contribution in [0.15, 0.2) is 48.8 Å². The van der Waals surface area contributed by atoms with E-state index in [0.29, 0.717) is 19.4 Å². The van der Waals surface area contributed by atoms with E-state index in [-0.39, 0.29) is 5.78 Å². The molecule has 1 aromatic carbocycles. The van der Waals surface area contributed by atoms with E-state index >= 15 is 0 Å². The fraction of sp³-hybridized carbons (Fsp3) is 0.421. The van der Waals surface area contributed by atoms with Gasteiger partial charge in [-0.3, -0.25) is 4.79 Å². The highest BCUT2D eigenvalue weighted by Gasteiger charge is 2.39. The van der Waals surface area contributed by atoms with Crippen LogP contribution in [-0.2, 0) is 16.0 Å². The number of carbonyl (C=O) groups is 1. The van der Waals surface area contributed by atoms with Gasteiger partial charge >= 0.3 is 0 Å². The number of methoxy groups -OCH3 is 1. The highest BCUT2D eigenvalue weighted by Crippen LogP contribution is 2.40. The number of allylic oxidation sites excluding steroid dienone is 3. The zero-order valence-electron chi connectivity index (χ0n) is 13.4. The van der Waals surface area contributed by atoms with Gasteiger partial charge in [-0.25, -0.2) is 0 Å². The SMILES string of the molecule is C=CCC1(Cc2cccc(OC)c2)CCC(OCC)=CC1=O. The summed E-state index contributed by atoms with van der Waals surface area (Å²) in [5.74, 6) is 1.77. The molecule has 2 rings (SSSR count). The molecule has 1 aliphatic carbocycles. The summed E-state index contributed by atoms with van der Waals surface area (Å²) in [4.78, 5) is 12.7. The molecule has 0 bridgehead atoms. The van der Waals surface area contributed by atoms with E-state index in [2.05, 4.69) is 6.58 Å². The Kier molecular flexibility index (Phi) is 5.42. The van der Waals surface area contributed by atoms with Gasteiger partial charge in [-0.15, -0.1) is 6.58 Å². The number of hydrogen-bond acceptors (Lipinski definition) is 3. The topological polar surface area (TPSA) is 35.5 Å². The molecule has 1 aromatic rings. The van der Waals surface area contributed by atoms with Crippen molar-refractivity contribution in [3.05, 3.63) is 54.3 Å². The molecule has 0 aliphatic heterocycles. The third-order valence-corrected chi connectivity index (χ3v) is 4.21. The van der Waals surface area contributed by atoms with Gasteiger partial charge in [-0.1, -0.05) is 18.2 Å². The van der Waals surface area contributed by atoms with Crippen molar-refractivity contribution in [2.45, 2.75) is 32.6 Å². The maximum absolute atomic E-state index is 12.7. The van der Waals surface area contributed by atoms with Gasteiger partial charge < -0.3 is 9.47 Å². The minimum atomic E-state index is -0.408. The fourth-order valence-electron chi connectivity index (χ4n) is 3.06. The van der Waals surface area contributed by atoms with Crippen LogP contribution in [0.3, 0.4) is 0 Å². The lowest BCUT2D eigenvalue weighted by Gasteiger charge is -2.34. The van der Waals surface area contributed by atoms with Crippen molar-refractivity contribution in [2.75, 3.05) is 13.7 Å². The van der Waals surface area contributed by atoms with Crippen molar-refractivity contribution >= 4 is 5.78 Å². The Hall–Kier alpha value is -2.03. The quantitative estimate of drug-likeness (QED) is 0.712. The summed E-state index contributed by atoms with van der Waals surface area (Å²) in [6, 6.07) is 7.92. The first-order valence-electron chi connectivity index (χ1n) is 7.75. The molecule has 3 nitrogen and oxygen atoms in total. The average Bonchev–Trinajstić information content (AvgIpc) is 2.52. The Morgan fingerprint density at radius 2 is 2.23 bits per heavy atom. The first kappa shape index (κ1) is 16.3. The molecule has 1 atom stereocenters. The number of hydrogen-bond donors (Lipinski definition) is 0. The molecule has 3 heteroatoms. The predicted octanol–water partition coefficient (Wildman–Crippen LogP) is 4.08.